The first kappa shape index (κ1) is 13.9. The van der Waals surface area contributed by atoms with Gasteiger partial charge in [0.25, 0.3) is 5.91 Å². The molecule has 0 heterocycles. The maximum absolute atomic E-state index is 12.2. The monoisotopic (exact) mass is 375 g/mol. The minimum Gasteiger partial charge on any atom is -0.507 e. The van der Waals surface area contributed by atoms with E-state index < -0.39 is 0 Å². The summed E-state index contributed by atoms with van der Waals surface area (Å²) in [4.78, 5) is 14.5. The van der Waals surface area contributed by atoms with Crippen molar-refractivity contribution >= 4 is 37.8 Å². The fourth-order valence-corrected chi connectivity index (χ4v) is 3.44. The van der Waals surface area contributed by atoms with Gasteiger partial charge in [-0.1, -0.05) is 15.9 Å². The molecule has 18 heavy (non-hydrogen) atoms. The number of hydrogen-bond donors (Lipinski definition) is 1. The fourth-order valence-electron chi connectivity index (χ4n) is 2.14. The van der Waals surface area contributed by atoms with E-state index in [0.29, 0.717) is 20.8 Å². The first-order chi connectivity index (χ1) is 8.47. The van der Waals surface area contributed by atoms with Gasteiger partial charge in [-0.15, -0.1) is 0 Å². The highest BCUT2D eigenvalue weighted by atomic mass is 79.9. The molecule has 1 aliphatic carbocycles. The van der Waals surface area contributed by atoms with Crippen LogP contribution in [-0.4, -0.2) is 34.3 Å². The van der Waals surface area contributed by atoms with Gasteiger partial charge in [0.15, 0.2) is 0 Å². The molecule has 1 aliphatic rings. The number of alkyl halides is 1. The molecule has 0 atom stereocenters. The number of aromatic hydroxyl groups is 1. The highest BCUT2D eigenvalue weighted by molar-refractivity contribution is 9.10. The molecule has 1 N–H and O–H groups in total. The van der Waals surface area contributed by atoms with Crippen molar-refractivity contribution < 1.29 is 9.90 Å². The number of nitrogens with zero attached hydrogens (tertiary/aromatic N) is 1. The molecule has 98 valence electrons. The molecule has 2 rings (SSSR count). The number of phenolic OH excluding ortho intramolecular Hbond substituents is 1. The molecule has 1 aromatic rings. The summed E-state index contributed by atoms with van der Waals surface area (Å²) in [6.45, 7) is 0.776. The number of rotatable bonds is 3. The van der Waals surface area contributed by atoms with E-state index in [0.717, 1.165) is 19.4 Å². The van der Waals surface area contributed by atoms with E-state index >= 15 is 0 Å². The van der Waals surface area contributed by atoms with Crippen LogP contribution in [0, 0.1) is 5.92 Å². The van der Waals surface area contributed by atoms with Gasteiger partial charge in [0.2, 0.25) is 0 Å². The summed E-state index contributed by atoms with van der Waals surface area (Å²) in [6.07, 6.45) is 2.26. The normalized spacial score (nSPS) is 22.4. The smallest absolute Gasteiger partial charge is 0.253 e. The van der Waals surface area contributed by atoms with Gasteiger partial charge in [0.1, 0.15) is 5.75 Å². The van der Waals surface area contributed by atoms with Crippen molar-refractivity contribution in [3.05, 3.63) is 28.2 Å². The Morgan fingerprint density at radius 1 is 1.50 bits per heavy atom. The van der Waals surface area contributed by atoms with Crippen molar-refractivity contribution in [2.75, 3.05) is 13.6 Å². The summed E-state index contributed by atoms with van der Waals surface area (Å²) in [6, 6.07) is 4.90. The largest absolute Gasteiger partial charge is 0.507 e. The van der Waals surface area contributed by atoms with E-state index in [9.17, 15) is 9.90 Å². The third-order valence-electron chi connectivity index (χ3n) is 3.25. The topological polar surface area (TPSA) is 40.5 Å². The molecule has 5 heteroatoms. The molecule has 0 aliphatic heterocycles. The number of phenols is 1. The lowest BCUT2D eigenvalue weighted by Crippen LogP contribution is -2.37. The molecule has 1 fully saturated rings. The summed E-state index contributed by atoms with van der Waals surface area (Å²) >= 11 is 6.75. The Morgan fingerprint density at radius 3 is 2.72 bits per heavy atom. The van der Waals surface area contributed by atoms with Gasteiger partial charge in [-0.05, 0) is 52.9 Å². The van der Waals surface area contributed by atoms with Crippen LogP contribution >= 0.6 is 31.9 Å². The lowest BCUT2D eigenvalue weighted by atomic mass is 9.85. The molecule has 1 amide bonds. The highest BCUT2D eigenvalue weighted by Gasteiger charge is 2.29. The Hall–Kier alpha value is -0.550. The van der Waals surface area contributed by atoms with E-state index in [1.54, 1.807) is 17.0 Å². The number of carbonyl (C=O) groups is 1. The van der Waals surface area contributed by atoms with Crippen molar-refractivity contribution in [1.82, 2.24) is 4.90 Å². The first-order valence-electron chi connectivity index (χ1n) is 5.85. The van der Waals surface area contributed by atoms with Crippen molar-refractivity contribution in [3.8, 4) is 5.75 Å². The van der Waals surface area contributed by atoms with Gasteiger partial charge in [-0.2, -0.15) is 0 Å². The van der Waals surface area contributed by atoms with Crippen LogP contribution in [0.1, 0.15) is 23.2 Å². The zero-order valence-electron chi connectivity index (χ0n) is 10.1. The lowest BCUT2D eigenvalue weighted by molar-refractivity contribution is 0.0748. The first-order valence-corrected chi connectivity index (χ1v) is 7.56. The molecule has 3 nitrogen and oxygen atoms in total. The zero-order chi connectivity index (χ0) is 13.3. The second kappa shape index (κ2) is 5.61. The number of carbonyl (C=O) groups excluding carboxylic acids is 1. The molecular weight excluding hydrogens is 362 g/mol. The zero-order valence-corrected chi connectivity index (χ0v) is 13.2. The number of halogens is 2. The molecule has 0 spiro atoms. The van der Waals surface area contributed by atoms with Crippen LogP contribution in [0.4, 0.5) is 0 Å². The molecule has 1 saturated carbocycles. The SMILES string of the molecule is CN(CC1CC(Br)C1)C(=O)c1ccc(Br)c(O)c1. The highest BCUT2D eigenvalue weighted by Crippen LogP contribution is 2.34. The number of benzene rings is 1. The molecular formula is C13H15Br2NO2. The van der Waals surface area contributed by atoms with Crippen molar-refractivity contribution in [2.45, 2.75) is 17.7 Å². The van der Waals surface area contributed by atoms with Gasteiger partial charge >= 0.3 is 0 Å². The molecule has 0 bridgehead atoms. The second-order valence-electron chi connectivity index (χ2n) is 4.79. The van der Waals surface area contributed by atoms with Crippen LogP contribution in [0.2, 0.25) is 0 Å². The summed E-state index contributed by atoms with van der Waals surface area (Å²) in [5, 5.41) is 9.58. The maximum atomic E-state index is 12.2. The van der Waals surface area contributed by atoms with Gasteiger partial charge in [0.05, 0.1) is 4.47 Å². The second-order valence-corrected chi connectivity index (χ2v) is 6.94. The quantitative estimate of drug-likeness (QED) is 0.821. The minimum atomic E-state index is -0.0455. The molecule has 0 aromatic heterocycles. The van der Waals surface area contributed by atoms with Crippen molar-refractivity contribution in [3.63, 3.8) is 0 Å². The third-order valence-corrected chi connectivity index (χ3v) is 4.67. The van der Waals surface area contributed by atoms with Crippen LogP contribution < -0.4 is 0 Å². The number of hydrogen-bond acceptors (Lipinski definition) is 2. The van der Waals surface area contributed by atoms with Crippen molar-refractivity contribution in [1.29, 1.82) is 0 Å². The molecule has 0 unspecified atom stereocenters. The Balaban J connectivity index is 1.99. The van der Waals surface area contributed by atoms with E-state index in [-0.39, 0.29) is 11.7 Å². The Bertz CT molecular complexity index is 458. The van der Waals surface area contributed by atoms with Crippen LogP contribution in [0.15, 0.2) is 22.7 Å². The molecule has 0 saturated heterocycles. The average molecular weight is 377 g/mol. The Labute approximate surface area is 123 Å². The van der Waals surface area contributed by atoms with Gasteiger partial charge in [-0.25, -0.2) is 0 Å². The van der Waals surface area contributed by atoms with Crippen LogP contribution in [-0.2, 0) is 0 Å². The van der Waals surface area contributed by atoms with Crippen LogP contribution in [0.5, 0.6) is 5.75 Å². The molecule has 1 aromatic carbocycles. The fraction of sp³-hybridized carbons (Fsp3) is 0.462. The summed E-state index contributed by atoms with van der Waals surface area (Å²) in [7, 11) is 1.81. The van der Waals surface area contributed by atoms with E-state index in [1.165, 1.54) is 6.07 Å². The van der Waals surface area contributed by atoms with Gasteiger partial charge in [0, 0.05) is 24.0 Å². The molecule has 0 radical (unpaired) electrons. The van der Waals surface area contributed by atoms with Gasteiger partial charge in [-0.3, -0.25) is 4.79 Å². The predicted octanol–water partition coefficient (Wildman–Crippen LogP) is 3.40. The Morgan fingerprint density at radius 2 is 2.17 bits per heavy atom. The lowest BCUT2D eigenvalue weighted by Gasteiger charge is -2.34. The maximum Gasteiger partial charge on any atom is 0.253 e. The predicted molar refractivity (Wildman–Crippen MR) is 78.2 cm³/mol. The minimum absolute atomic E-state index is 0.0455. The summed E-state index contributed by atoms with van der Waals surface area (Å²) in [5.74, 6) is 0.640. The van der Waals surface area contributed by atoms with Gasteiger partial charge < -0.3 is 10.0 Å². The standard InChI is InChI=1S/C13H15Br2NO2/c1-16(7-8-4-10(14)5-8)13(18)9-2-3-11(15)12(17)6-9/h2-3,6,8,10,17H,4-5,7H2,1H3. The average Bonchev–Trinajstić information content (AvgIpc) is 2.29. The van der Waals surface area contributed by atoms with Crippen LogP contribution in [0.3, 0.4) is 0 Å². The third kappa shape index (κ3) is 3.06. The van der Waals surface area contributed by atoms with Crippen LogP contribution in [0.25, 0.3) is 0 Å². The Kier molecular flexibility index (Phi) is 4.33. The van der Waals surface area contributed by atoms with E-state index in [2.05, 4.69) is 31.9 Å². The number of amides is 1. The van der Waals surface area contributed by atoms with E-state index in [4.69, 9.17) is 0 Å². The summed E-state index contributed by atoms with van der Waals surface area (Å²) in [5.41, 5.74) is 0.521. The summed E-state index contributed by atoms with van der Waals surface area (Å²) < 4.78 is 0.600. The van der Waals surface area contributed by atoms with Crippen molar-refractivity contribution in [2.24, 2.45) is 5.92 Å². The van der Waals surface area contributed by atoms with E-state index in [1.807, 2.05) is 7.05 Å².